The molecule has 0 fully saturated rings. The lowest BCUT2D eigenvalue weighted by Crippen LogP contribution is -2.07. The minimum absolute atomic E-state index is 0.00500. The zero-order chi connectivity index (χ0) is 20.7. The number of carbonyl (C=O) groups excluding carboxylic acids is 1. The summed E-state index contributed by atoms with van der Waals surface area (Å²) in [5.41, 5.74) is 4.52. The number of aromatic nitrogens is 2. The largest absolute Gasteiger partial charge is 0.294 e. The molecule has 2 aromatic heterocycles. The molecule has 0 aliphatic carbocycles. The van der Waals surface area contributed by atoms with Gasteiger partial charge in [0, 0.05) is 21.8 Å². The Hall–Kier alpha value is -2.19. The van der Waals surface area contributed by atoms with Gasteiger partial charge in [-0.3, -0.25) is 13.9 Å². The van der Waals surface area contributed by atoms with Gasteiger partial charge in [-0.2, -0.15) is 0 Å². The van der Waals surface area contributed by atoms with E-state index in [9.17, 15) is 4.79 Å². The Labute approximate surface area is 187 Å². The van der Waals surface area contributed by atoms with Crippen molar-refractivity contribution in [2.75, 3.05) is 0 Å². The first-order valence-electron chi connectivity index (χ1n) is 9.01. The number of rotatable bonds is 4. The van der Waals surface area contributed by atoms with E-state index in [-0.39, 0.29) is 5.78 Å². The number of aryl methyl sites for hydroxylation is 1. The fourth-order valence-corrected chi connectivity index (χ4v) is 6.20. The highest BCUT2D eigenvalue weighted by molar-refractivity contribution is 7.73. The number of benzene rings is 2. The molecule has 2 aromatic carbocycles. The van der Waals surface area contributed by atoms with Gasteiger partial charge < -0.3 is 0 Å². The van der Waals surface area contributed by atoms with Crippen LogP contribution in [0.3, 0.4) is 0 Å². The number of ketones is 1. The SMILES string of the molecule is Cc1sc(=S)n(-c2ccccc2-n2c(C)c(C(=O)c3ccccc3)sc2=S)c1C. The molecule has 3 nitrogen and oxygen atoms in total. The summed E-state index contributed by atoms with van der Waals surface area (Å²) >= 11 is 14.3. The van der Waals surface area contributed by atoms with Crippen molar-refractivity contribution in [2.24, 2.45) is 0 Å². The number of hydrogen-bond acceptors (Lipinski definition) is 5. The van der Waals surface area contributed by atoms with Gasteiger partial charge in [0.05, 0.1) is 16.3 Å². The molecule has 0 unspecified atom stereocenters. The average molecular weight is 455 g/mol. The van der Waals surface area contributed by atoms with Crippen LogP contribution in [-0.2, 0) is 0 Å². The molecule has 29 heavy (non-hydrogen) atoms. The maximum Gasteiger partial charge on any atom is 0.204 e. The molecule has 2 heterocycles. The quantitative estimate of drug-likeness (QED) is 0.245. The molecule has 146 valence electrons. The molecule has 0 bridgehead atoms. The number of para-hydroxylation sites is 2. The minimum Gasteiger partial charge on any atom is -0.294 e. The van der Waals surface area contributed by atoms with E-state index >= 15 is 0 Å². The third-order valence-corrected chi connectivity index (χ3v) is 7.78. The van der Waals surface area contributed by atoms with Gasteiger partial charge in [0.15, 0.2) is 7.91 Å². The summed E-state index contributed by atoms with van der Waals surface area (Å²) in [6, 6.07) is 17.4. The van der Waals surface area contributed by atoms with Gasteiger partial charge in [0.25, 0.3) is 0 Å². The number of nitrogens with zero attached hydrogens (tertiary/aromatic N) is 2. The van der Waals surface area contributed by atoms with Crippen LogP contribution in [0, 0.1) is 28.7 Å². The second kappa shape index (κ2) is 7.91. The fourth-order valence-electron chi connectivity index (χ4n) is 3.32. The zero-order valence-electron chi connectivity index (χ0n) is 16.1. The molecule has 0 spiro atoms. The summed E-state index contributed by atoms with van der Waals surface area (Å²) in [5.74, 6) is -0.00500. The van der Waals surface area contributed by atoms with Gasteiger partial charge >= 0.3 is 0 Å². The highest BCUT2D eigenvalue weighted by Gasteiger charge is 2.21. The van der Waals surface area contributed by atoms with Gasteiger partial charge in [-0.25, -0.2) is 0 Å². The highest BCUT2D eigenvalue weighted by Crippen LogP contribution is 2.31. The summed E-state index contributed by atoms with van der Waals surface area (Å²) in [5, 5.41) is 0. The molecule has 0 saturated carbocycles. The Balaban J connectivity index is 1.92. The summed E-state index contributed by atoms with van der Waals surface area (Å²) < 4.78 is 5.51. The summed E-state index contributed by atoms with van der Waals surface area (Å²) in [6.45, 7) is 6.10. The van der Waals surface area contributed by atoms with Crippen LogP contribution < -0.4 is 0 Å². The Bertz CT molecular complexity index is 1340. The second-order valence-electron chi connectivity index (χ2n) is 6.65. The van der Waals surface area contributed by atoms with E-state index in [0.717, 1.165) is 26.7 Å². The number of carbonyl (C=O) groups is 1. The van der Waals surface area contributed by atoms with Crippen LogP contribution in [0.1, 0.15) is 31.5 Å². The number of hydrogen-bond donors (Lipinski definition) is 0. The maximum absolute atomic E-state index is 13.1. The van der Waals surface area contributed by atoms with Crippen molar-refractivity contribution >= 4 is 52.9 Å². The van der Waals surface area contributed by atoms with E-state index in [2.05, 4.69) is 18.4 Å². The Kier molecular flexibility index (Phi) is 5.48. The number of thiazole rings is 2. The van der Waals surface area contributed by atoms with E-state index in [4.69, 9.17) is 24.4 Å². The fraction of sp³-hybridized carbons (Fsp3) is 0.136. The Morgan fingerprint density at radius 1 is 0.759 bits per heavy atom. The molecule has 4 rings (SSSR count). The maximum atomic E-state index is 13.1. The van der Waals surface area contributed by atoms with Crippen molar-refractivity contribution in [3.05, 3.63) is 89.2 Å². The topological polar surface area (TPSA) is 26.9 Å². The standard InChI is InChI=1S/C22H18N2OS4/c1-13-15(3)28-21(26)23(13)17-11-7-8-12-18(17)24-14(2)20(29-22(24)27)19(25)16-9-5-4-6-10-16/h4-12H,1-3H3. The van der Waals surface area contributed by atoms with Gasteiger partial charge in [0.1, 0.15) is 0 Å². The first kappa shape index (κ1) is 20.1. The van der Waals surface area contributed by atoms with Crippen LogP contribution in [0.15, 0.2) is 54.6 Å². The molecular formula is C22H18N2OS4. The molecule has 0 atom stereocenters. The molecular weight excluding hydrogens is 437 g/mol. The predicted octanol–water partition coefficient (Wildman–Crippen LogP) is 7.01. The Morgan fingerprint density at radius 2 is 1.28 bits per heavy atom. The molecule has 7 heteroatoms. The summed E-state index contributed by atoms with van der Waals surface area (Å²) in [6.07, 6.45) is 0. The predicted molar refractivity (Wildman–Crippen MR) is 127 cm³/mol. The monoisotopic (exact) mass is 454 g/mol. The second-order valence-corrected chi connectivity index (χ2v) is 10.1. The zero-order valence-corrected chi connectivity index (χ0v) is 19.4. The average Bonchev–Trinajstić information content (AvgIpc) is 3.16. The molecule has 0 aliphatic heterocycles. The van der Waals surface area contributed by atoms with Crippen molar-refractivity contribution in [3.8, 4) is 11.4 Å². The van der Waals surface area contributed by atoms with E-state index in [1.165, 1.54) is 16.2 Å². The van der Waals surface area contributed by atoms with Crippen molar-refractivity contribution in [3.63, 3.8) is 0 Å². The van der Waals surface area contributed by atoms with Gasteiger partial charge in [-0.05, 0) is 57.3 Å². The van der Waals surface area contributed by atoms with Crippen molar-refractivity contribution in [2.45, 2.75) is 20.8 Å². The van der Waals surface area contributed by atoms with E-state index in [1.54, 1.807) is 11.3 Å². The van der Waals surface area contributed by atoms with Crippen molar-refractivity contribution < 1.29 is 4.79 Å². The van der Waals surface area contributed by atoms with Crippen LogP contribution in [0.2, 0.25) is 0 Å². The smallest absolute Gasteiger partial charge is 0.204 e. The van der Waals surface area contributed by atoms with Crippen molar-refractivity contribution in [1.29, 1.82) is 0 Å². The van der Waals surface area contributed by atoms with Gasteiger partial charge in [-0.15, -0.1) is 22.7 Å². The molecule has 0 radical (unpaired) electrons. The lowest BCUT2D eigenvalue weighted by molar-refractivity contribution is 0.104. The normalized spacial score (nSPS) is 11.0. The third kappa shape index (κ3) is 3.48. The van der Waals surface area contributed by atoms with Crippen LogP contribution in [-0.4, -0.2) is 14.9 Å². The molecule has 4 aromatic rings. The minimum atomic E-state index is -0.00500. The van der Waals surface area contributed by atoms with Gasteiger partial charge in [0.2, 0.25) is 5.78 Å². The van der Waals surface area contributed by atoms with Crippen molar-refractivity contribution in [1.82, 2.24) is 9.13 Å². The van der Waals surface area contributed by atoms with Crippen LogP contribution in [0.4, 0.5) is 0 Å². The molecule has 0 N–H and O–H groups in total. The summed E-state index contributed by atoms with van der Waals surface area (Å²) in [7, 11) is 0. The van der Waals surface area contributed by atoms with Crippen LogP contribution in [0.5, 0.6) is 0 Å². The third-order valence-electron chi connectivity index (χ3n) is 4.91. The van der Waals surface area contributed by atoms with E-state index in [1.807, 2.05) is 66.1 Å². The Morgan fingerprint density at radius 3 is 1.83 bits per heavy atom. The first-order chi connectivity index (χ1) is 13.9. The lowest BCUT2D eigenvalue weighted by atomic mass is 10.1. The molecule has 0 aliphatic rings. The van der Waals surface area contributed by atoms with Gasteiger partial charge in [-0.1, -0.05) is 42.5 Å². The van der Waals surface area contributed by atoms with E-state index < -0.39 is 0 Å². The van der Waals surface area contributed by atoms with Crippen LogP contribution in [0.25, 0.3) is 11.4 Å². The highest BCUT2D eigenvalue weighted by atomic mass is 32.2. The molecule has 0 saturated heterocycles. The first-order valence-corrected chi connectivity index (χ1v) is 11.5. The van der Waals surface area contributed by atoms with E-state index in [0.29, 0.717) is 14.4 Å². The lowest BCUT2D eigenvalue weighted by Gasteiger charge is -2.15. The molecule has 0 amide bonds. The van der Waals surface area contributed by atoms with Crippen LogP contribution >= 0.6 is 47.1 Å². The summed E-state index contributed by atoms with van der Waals surface area (Å²) in [4.78, 5) is 14.9.